The van der Waals surface area contributed by atoms with E-state index in [1.54, 1.807) is 10.6 Å². The van der Waals surface area contributed by atoms with Crippen molar-refractivity contribution in [2.24, 2.45) is 5.92 Å². The van der Waals surface area contributed by atoms with Gasteiger partial charge in [-0.15, -0.1) is 11.3 Å². The molecule has 1 fully saturated rings. The SMILES string of the molecule is C[C@@H](O)[C@H]1C(=O)N2C(C(=O)[O-])=C(c3cn4cnc([S+](C)[O-])c4s3)C[C@H]12.[Na+]. The van der Waals surface area contributed by atoms with Gasteiger partial charge in [-0.25, -0.2) is 0 Å². The summed E-state index contributed by atoms with van der Waals surface area (Å²) in [4.78, 5) is 30.5. The fourth-order valence-corrected chi connectivity index (χ4v) is 5.64. The van der Waals surface area contributed by atoms with Crippen LogP contribution < -0.4 is 34.7 Å². The quantitative estimate of drug-likeness (QED) is 0.318. The summed E-state index contributed by atoms with van der Waals surface area (Å²) in [5.41, 5.74) is 0.367. The Hall–Kier alpha value is -0.880. The normalized spacial score (nSPS) is 24.3. The number of thiazole rings is 1. The molecule has 1 unspecified atom stereocenters. The molecule has 2 aromatic heterocycles. The Morgan fingerprint density at radius 2 is 2.23 bits per heavy atom. The number of aliphatic carboxylic acids is 1. The third-order valence-corrected chi connectivity index (χ3v) is 6.81. The molecule has 1 saturated heterocycles. The maximum absolute atomic E-state index is 12.2. The average Bonchev–Trinajstić information content (AvgIpc) is 3.15. The molecule has 0 aliphatic carbocycles. The smallest absolute Gasteiger partial charge is 0.610 e. The molecule has 4 heterocycles. The van der Waals surface area contributed by atoms with Gasteiger partial charge in [-0.1, -0.05) is 0 Å². The average molecular weight is 403 g/mol. The van der Waals surface area contributed by atoms with Gasteiger partial charge in [0.1, 0.15) is 12.6 Å². The minimum absolute atomic E-state index is 0. The van der Waals surface area contributed by atoms with E-state index in [0.29, 0.717) is 26.7 Å². The number of carbonyl (C=O) groups excluding carboxylic acids is 2. The molecule has 1 amide bonds. The Bertz CT molecular complexity index is 935. The fraction of sp³-hybridized carbons (Fsp3) is 0.400. The van der Waals surface area contributed by atoms with Gasteiger partial charge < -0.3 is 24.5 Å². The largest absolute Gasteiger partial charge is 1.00 e. The summed E-state index contributed by atoms with van der Waals surface area (Å²) in [5, 5.41) is 21.9. The topological polar surface area (TPSA) is 121 Å². The third kappa shape index (κ3) is 2.75. The van der Waals surface area contributed by atoms with Gasteiger partial charge in [0.2, 0.25) is 5.91 Å². The molecule has 2 aliphatic heterocycles. The number of hydrogen-bond acceptors (Lipinski definition) is 7. The number of carboxylic acids is 1. The number of amides is 1. The number of imidazole rings is 1. The fourth-order valence-electron chi connectivity index (χ4n) is 3.59. The molecule has 4 rings (SSSR count). The molecule has 0 radical (unpaired) electrons. The van der Waals surface area contributed by atoms with Crippen LogP contribution in [-0.2, 0) is 20.8 Å². The molecule has 2 aromatic rings. The van der Waals surface area contributed by atoms with E-state index >= 15 is 0 Å². The Labute approximate surface area is 178 Å². The first-order valence-electron chi connectivity index (χ1n) is 7.57. The van der Waals surface area contributed by atoms with E-state index in [4.69, 9.17) is 0 Å². The van der Waals surface area contributed by atoms with E-state index in [2.05, 4.69) is 4.98 Å². The minimum atomic E-state index is -1.41. The summed E-state index contributed by atoms with van der Waals surface area (Å²) < 4.78 is 13.4. The maximum atomic E-state index is 12.2. The Kier molecular flexibility index (Phi) is 5.30. The molecule has 0 saturated carbocycles. The zero-order chi connectivity index (χ0) is 18.0. The molecule has 0 aromatic carbocycles. The van der Waals surface area contributed by atoms with Gasteiger partial charge in [0, 0.05) is 17.4 Å². The van der Waals surface area contributed by atoms with Crippen molar-refractivity contribution in [3.8, 4) is 0 Å². The summed E-state index contributed by atoms with van der Waals surface area (Å²) in [7, 11) is 0. The first-order valence-corrected chi connectivity index (χ1v) is 9.94. The van der Waals surface area contributed by atoms with Crippen LogP contribution in [0.5, 0.6) is 0 Å². The molecule has 4 atom stereocenters. The summed E-state index contributed by atoms with van der Waals surface area (Å²) in [6.07, 6.45) is 4.27. The number of aliphatic hydroxyl groups is 1. The summed E-state index contributed by atoms with van der Waals surface area (Å²) in [5.74, 6) is -2.40. The molecule has 1 N–H and O–H groups in total. The first-order chi connectivity index (χ1) is 11.8. The number of aromatic nitrogens is 2. The zero-order valence-corrected chi connectivity index (χ0v) is 18.0. The van der Waals surface area contributed by atoms with Crippen molar-refractivity contribution >= 4 is 44.8 Å². The second-order valence-corrected chi connectivity index (χ2v) is 8.50. The van der Waals surface area contributed by atoms with Gasteiger partial charge in [0.15, 0.2) is 4.83 Å². The molecule has 0 bridgehead atoms. The van der Waals surface area contributed by atoms with Crippen molar-refractivity contribution in [3.63, 3.8) is 0 Å². The number of rotatable bonds is 4. The second kappa shape index (κ2) is 6.93. The van der Waals surface area contributed by atoms with Crippen molar-refractivity contribution in [3.05, 3.63) is 23.1 Å². The van der Waals surface area contributed by atoms with Gasteiger partial charge >= 0.3 is 29.6 Å². The monoisotopic (exact) mass is 403 g/mol. The Morgan fingerprint density at radius 3 is 2.81 bits per heavy atom. The zero-order valence-electron chi connectivity index (χ0n) is 14.3. The van der Waals surface area contributed by atoms with Crippen LogP contribution in [0.2, 0.25) is 0 Å². The molecular weight excluding hydrogens is 389 g/mol. The van der Waals surface area contributed by atoms with Crippen molar-refractivity contribution < 1.29 is 53.9 Å². The van der Waals surface area contributed by atoms with Crippen LogP contribution >= 0.6 is 11.3 Å². The van der Waals surface area contributed by atoms with Gasteiger partial charge in [-0.3, -0.25) is 9.20 Å². The number of hydrogen-bond donors (Lipinski definition) is 1. The summed E-state index contributed by atoms with van der Waals surface area (Å²) in [6.45, 7) is 1.53. The Morgan fingerprint density at radius 1 is 1.54 bits per heavy atom. The molecular formula is C15H14N3NaO5S2. The predicted octanol–water partition coefficient (Wildman–Crippen LogP) is -3.79. The van der Waals surface area contributed by atoms with Crippen molar-refractivity contribution in [2.75, 3.05) is 6.26 Å². The van der Waals surface area contributed by atoms with Crippen molar-refractivity contribution in [2.45, 2.75) is 30.5 Å². The maximum Gasteiger partial charge on any atom is 1.00 e. The molecule has 0 spiro atoms. The van der Waals surface area contributed by atoms with Gasteiger partial charge in [-0.05, 0) is 18.9 Å². The second-order valence-electron chi connectivity index (χ2n) is 6.17. The van der Waals surface area contributed by atoms with Gasteiger partial charge in [0.05, 0.1) is 34.6 Å². The van der Waals surface area contributed by atoms with Gasteiger partial charge in [-0.2, -0.15) is 4.98 Å². The minimum Gasteiger partial charge on any atom is -0.610 e. The number of carboxylic acid groups (broad SMARTS) is 1. The van der Waals surface area contributed by atoms with Crippen LogP contribution in [0, 0.1) is 5.92 Å². The standard InChI is InChI=1S/C15H15N3O5S2.Na/c1-6(19)10-8-3-7(11(15(21)22)18(8)13(10)20)9-4-17-5-16-12(25(2)23)14(17)24-9;/h4-6,8,10,19H,3H2,1-2H3,(H,21,22);/q;+1/p-1/t6-,8-,10-,25?;/m1./s1. The van der Waals surface area contributed by atoms with Crippen LogP contribution in [0.3, 0.4) is 0 Å². The summed E-state index contributed by atoms with van der Waals surface area (Å²) in [6, 6.07) is -0.366. The molecule has 2 aliphatic rings. The number of fused-ring (bicyclic) bond motifs is 2. The van der Waals surface area contributed by atoms with Crippen LogP contribution in [0.4, 0.5) is 0 Å². The van der Waals surface area contributed by atoms with Crippen molar-refractivity contribution in [1.29, 1.82) is 0 Å². The number of β-lactam (4-membered cyclic amide) rings is 1. The first kappa shape index (κ1) is 19.9. The van der Waals surface area contributed by atoms with E-state index in [1.165, 1.54) is 35.7 Å². The number of aliphatic hydroxyl groups excluding tert-OH is 1. The van der Waals surface area contributed by atoms with Crippen LogP contribution in [0.1, 0.15) is 18.2 Å². The van der Waals surface area contributed by atoms with E-state index in [-0.39, 0.29) is 41.3 Å². The van der Waals surface area contributed by atoms with E-state index in [0.717, 1.165) is 0 Å². The van der Waals surface area contributed by atoms with Gasteiger partial charge in [0.25, 0.3) is 5.03 Å². The Balaban J connectivity index is 0.00000196. The van der Waals surface area contributed by atoms with E-state index in [1.807, 2.05) is 0 Å². The number of carbonyl (C=O) groups is 2. The summed E-state index contributed by atoms with van der Waals surface area (Å²) >= 11 is 0.0167. The van der Waals surface area contributed by atoms with E-state index < -0.39 is 35.1 Å². The van der Waals surface area contributed by atoms with Crippen molar-refractivity contribution in [1.82, 2.24) is 14.3 Å². The molecule has 26 heavy (non-hydrogen) atoms. The third-order valence-electron chi connectivity index (χ3n) is 4.67. The van der Waals surface area contributed by atoms with E-state index in [9.17, 15) is 24.4 Å². The molecule has 11 heteroatoms. The predicted molar refractivity (Wildman–Crippen MR) is 87.8 cm³/mol. The molecule has 132 valence electrons. The van der Waals surface area contributed by atoms with Crippen LogP contribution in [0.15, 0.2) is 23.2 Å². The van der Waals surface area contributed by atoms with Crippen LogP contribution in [0.25, 0.3) is 10.4 Å². The number of nitrogens with zero attached hydrogens (tertiary/aromatic N) is 3. The van der Waals surface area contributed by atoms with Crippen LogP contribution in [-0.4, -0.2) is 54.2 Å². The molecule has 8 nitrogen and oxygen atoms in total.